The summed E-state index contributed by atoms with van der Waals surface area (Å²) in [5, 5.41) is 6.25. The van der Waals surface area contributed by atoms with E-state index in [2.05, 4.69) is 24.5 Å². The lowest BCUT2D eigenvalue weighted by atomic mass is 9.96. The Hall–Kier alpha value is -2.71. The molecule has 0 saturated heterocycles. The third kappa shape index (κ3) is 10.8. The minimum absolute atomic E-state index is 0.304. The molecule has 0 aliphatic rings. The number of benzene rings is 2. The third-order valence-electron chi connectivity index (χ3n) is 6.88. The number of hydrogen-bond acceptors (Lipinski definition) is 5. The molecule has 9 heteroatoms. The number of carbonyl (C=O) groups is 3. The second-order valence-corrected chi connectivity index (χ2v) is 13.7. The fraction of sp³-hybridized carbons (Fsp3) is 0.545. The molecule has 0 heterocycles. The zero-order valence-corrected chi connectivity index (χ0v) is 28.1. The maximum Gasteiger partial charge on any atom is 0.408 e. The summed E-state index contributed by atoms with van der Waals surface area (Å²) in [6.07, 6.45) is 3.22. The summed E-state index contributed by atoms with van der Waals surface area (Å²) in [5.41, 5.74) is 2.31. The van der Waals surface area contributed by atoms with Crippen LogP contribution in [0.4, 0.5) is 10.5 Å². The van der Waals surface area contributed by atoms with Crippen LogP contribution < -0.4 is 10.6 Å². The number of halogens is 1. The first-order chi connectivity index (χ1) is 19.6. The first kappa shape index (κ1) is 35.5. The summed E-state index contributed by atoms with van der Waals surface area (Å²) in [6.45, 7) is 15.4. The normalized spacial score (nSPS) is 13.7. The van der Waals surface area contributed by atoms with Crippen LogP contribution in [0.3, 0.4) is 0 Å². The minimum Gasteiger partial charge on any atom is -0.444 e. The van der Waals surface area contributed by atoms with Crippen molar-refractivity contribution < 1.29 is 19.1 Å². The van der Waals surface area contributed by atoms with E-state index in [4.69, 9.17) is 16.3 Å². The molecule has 2 aromatic carbocycles. The molecule has 0 radical (unpaired) electrons. The van der Waals surface area contributed by atoms with E-state index in [-0.39, 0.29) is 17.9 Å². The number of amides is 3. The molecular formula is C33H48ClN3O4S. The standard InChI is InChI=1S/C33H48ClN3O4S/c1-21(2)13-16-24(5)37(31(39)27(19-20-42-9)35-32(40)41-33(6,7)8)29(25-17-14-22(3)15-18-25)30(38)36-28-23(4)11-10-12-26(28)34/h10-12,14-15,17-18,21,24,27,29H,13,16,19-20H2,1-9H3,(H,35,40)(H,36,38). The Morgan fingerprint density at radius 1 is 0.976 bits per heavy atom. The first-order valence-corrected chi connectivity index (χ1v) is 16.3. The van der Waals surface area contributed by atoms with E-state index >= 15 is 0 Å². The Kier molecular flexibility index (Phi) is 13.7. The molecule has 2 N–H and O–H groups in total. The lowest BCUT2D eigenvalue weighted by Crippen LogP contribution is -2.55. The second kappa shape index (κ2) is 16.2. The van der Waals surface area contributed by atoms with Crippen molar-refractivity contribution in [2.24, 2.45) is 5.92 Å². The molecule has 0 aromatic heterocycles. The highest BCUT2D eigenvalue weighted by atomic mass is 35.5. The molecule has 0 aliphatic carbocycles. The lowest BCUT2D eigenvalue weighted by Gasteiger charge is -2.39. The van der Waals surface area contributed by atoms with Crippen LogP contribution in [0.25, 0.3) is 0 Å². The second-order valence-electron chi connectivity index (χ2n) is 12.3. The van der Waals surface area contributed by atoms with Gasteiger partial charge in [0.25, 0.3) is 5.91 Å². The van der Waals surface area contributed by atoms with Gasteiger partial charge in [0.2, 0.25) is 5.91 Å². The van der Waals surface area contributed by atoms with Gasteiger partial charge in [0.15, 0.2) is 0 Å². The van der Waals surface area contributed by atoms with Crippen LogP contribution in [0, 0.1) is 19.8 Å². The number of aryl methyl sites for hydroxylation is 2. The first-order valence-electron chi connectivity index (χ1n) is 14.6. The summed E-state index contributed by atoms with van der Waals surface area (Å²) in [6, 6.07) is 10.9. The Bertz CT molecular complexity index is 1180. The van der Waals surface area contributed by atoms with Crippen LogP contribution >= 0.6 is 23.4 Å². The van der Waals surface area contributed by atoms with Crippen molar-refractivity contribution in [3.63, 3.8) is 0 Å². The van der Waals surface area contributed by atoms with E-state index in [1.807, 2.05) is 63.4 Å². The van der Waals surface area contributed by atoms with E-state index < -0.39 is 23.8 Å². The summed E-state index contributed by atoms with van der Waals surface area (Å²) < 4.78 is 5.51. The van der Waals surface area contributed by atoms with Crippen LogP contribution in [0.2, 0.25) is 5.02 Å². The largest absolute Gasteiger partial charge is 0.444 e. The fourth-order valence-electron chi connectivity index (χ4n) is 4.60. The molecule has 3 amide bonds. The predicted octanol–water partition coefficient (Wildman–Crippen LogP) is 7.94. The Morgan fingerprint density at radius 3 is 2.17 bits per heavy atom. The molecule has 2 aromatic rings. The molecule has 7 nitrogen and oxygen atoms in total. The molecular weight excluding hydrogens is 570 g/mol. The molecule has 3 unspecified atom stereocenters. The van der Waals surface area contributed by atoms with Crippen LogP contribution in [-0.2, 0) is 14.3 Å². The van der Waals surface area contributed by atoms with Gasteiger partial charge in [-0.25, -0.2) is 4.79 Å². The highest BCUT2D eigenvalue weighted by Gasteiger charge is 2.39. The number of para-hydroxylation sites is 1. The van der Waals surface area contributed by atoms with E-state index in [0.29, 0.717) is 40.8 Å². The Labute approximate surface area is 261 Å². The third-order valence-corrected chi connectivity index (χ3v) is 7.84. The van der Waals surface area contributed by atoms with Crippen molar-refractivity contribution in [3.05, 3.63) is 64.2 Å². The van der Waals surface area contributed by atoms with Crippen LogP contribution in [0.1, 0.15) is 83.5 Å². The van der Waals surface area contributed by atoms with Gasteiger partial charge < -0.3 is 20.3 Å². The van der Waals surface area contributed by atoms with Crippen LogP contribution in [0.15, 0.2) is 42.5 Å². The molecule has 0 fully saturated rings. The summed E-state index contributed by atoms with van der Waals surface area (Å²) in [4.78, 5) is 43.3. The van der Waals surface area contributed by atoms with Gasteiger partial charge in [-0.15, -0.1) is 0 Å². The average Bonchev–Trinajstić information content (AvgIpc) is 2.89. The zero-order chi connectivity index (χ0) is 31.6. The zero-order valence-electron chi connectivity index (χ0n) is 26.5. The smallest absolute Gasteiger partial charge is 0.408 e. The summed E-state index contributed by atoms with van der Waals surface area (Å²) in [7, 11) is 0. The van der Waals surface area contributed by atoms with Gasteiger partial charge in [-0.3, -0.25) is 9.59 Å². The van der Waals surface area contributed by atoms with Gasteiger partial charge in [0.1, 0.15) is 17.7 Å². The molecule has 232 valence electrons. The van der Waals surface area contributed by atoms with E-state index in [0.717, 1.165) is 17.5 Å². The molecule has 0 saturated carbocycles. The van der Waals surface area contributed by atoms with Gasteiger partial charge >= 0.3 is 6.09 Å². The number of nitrogens with zero attached hydrogens (tertiary/aromatic N) is 1. The summed E-state index contributed by atoms with van der Waals surface area (Å²) >= 11 is 8.08. The van der Waals surface area contributed by atoms with Crippen molar-refractivity contribution in [3.8, 4) is 0 Å². The fourth-order valence-corrected chi connectivity index (χ4v) is 5.34. The van der Waals surface area contributed by atoms with Gasteiger partial charge in [0.05, 0.1) is 10.7 Å². The van der Waals surface area contributed by atoms with E-state index in [1.165, 1.54) is 0 Å². The van der Waals surface area contributed by atoms with Crippen molar-refractivity contribution in [1.29, 1.82) is 0 Å². The summed E-state index contributed by atoms with van der Waals surface area (Å²) in [5.74, 6) is 0.345. The predicted molar refractivity (Wildman–Crippen MR) is 175 cm³/mol. The van der Waals surface area contributed by atoms with E-state index in [1.54, 1.807) is 43.5 Å². The van der Waals surface area contributed by atoms with Crippen molar-refractivity contribution in [2.45, 2.75) is 98.4 Å². The molecule has 0 spiro atoms. The molecule has 3 atom stereocenters. The van der Waals surface area contributed by atoms with Crippen molar-refractivity contribution in [1.82, 2.24) is 10.2 Å². The average molecular weight is 618 g/mol. The number of carbonyl (C=O) groups excluding carboxylic acids is 3. The number of nitrogens with one attached hydrogen (secondary N) is 2. The van der Waals surface area contributed by atoms with Crippen LogP contribution in [0.5, 0.6) is 0 Å². The van der Waals surface area contributed by atoms with Gasteiger partial charge in [-0.05, 0) is 95.9 Å². The highest BCUT2D eigenvalue weighted by molar-refractivity contribution is 7.98. The number of hydrogen-bond donors (Lipinski definition) is 2. The number of anilines is 1. The van der Waals surface area contributed by atoms with E-state index in [9.17, 15) is 14.4 Å². The molecule has 2 rings (SSSR count). The number of alkyl carbamates (subject to hydrolysis) is 1. The number of ether oxygens (including phenoxy) is 1. The SMILES string of the molecule is CSCCC(NC(=O)OC(C)(C)C)C(=O)N(C(C)CCC(C)C)C(C(=O)Nc1c(C)cccc1Cl)c1ccc(C)cc1. The molecule has 42 heavy (non-hydrogen) atoms. The Balaban J connectivity index is 2.64. The Morgan fingerprint density at radius 2 is 1.62 bits per heavy atom. The lowest BCUT2D eigenvalue weighted by molar-refractivity contribution is -0.143. The number of rotatable bonds is 13. The van der Waals surface area contributed by atoms with Gasteiger partial charge in [-0.2, -0.15) is 11.8 Å². The molecule has 0 aliphatic heterocycles. The van der Waals surface area contributed by atoms with Crippen molar-refractivity contribution >= 4 is 47.0 Å². The van der Waals surface area contributed by atoms with Crippen LogP contribution in [-0.4, -0.2) is 52.5 Å². The highest BCUT2D eigenvalue weighted by Crippen LogP contribution is 2.32. The topological polar surface area (TPSA) is 87.7 Å². The molecule has 0 bridgehead atoms. The maximum absolute atomic E-state index is 14.5. The number of thioether (sulfide) groups is 1. The maximum atomic E-state index is 14.5. The monoisotopic (exact) mass is 617 g/mol. The van der Waals surface area contributed by atoms with Crippen molar-refractivity contribution in [2.75, 3.05) is 17.3 Å². The van der Waals surface area contributed by atoms with Gasteiger partial charge in [0, 0.05) is 6.04 Å². The quantitative estimate of drug-likeness (QED) is 0.238. The minimum atomic E-state index is -0.965. The van der Waals surface area contributed by atoms with Gasteiger partial charge in [-0.1, -0.05) is 67.4 Å².